The lowest BCUT2D eigenvalue weighted by Gasteiger charge is -2.38. The fourth-order valence-corrected chi connectivity index (χ4v) is 8.56. The van der Waals surface area contributed by atoms with Crippen LogP contribution in [0.3, 0.4) is 0 Å². The smallest absolute Gasteiger partial charge is 0.312 e. The Labute approximate surface area is 360 Å². The molecule has 5 aliphatic rings. The highest BCUT2D eigenvalue weighted by Gasteiger charge is 2.53. The van der Waals surface area contributed by atoms with Gasteiger partial charge in [-0.05, 0) is 26.0 Å². The number of methoxy groups -OCH3 is 1. The lowest BCUT2D eigenvalue weighted by Crippen LogP contribution is -2.50. The summed E-state index contributed by atoms with van der Waals surface area (Å²) in [7, 11) is 1.43. The van der Waals surface area contributed by atoms with E-state index in [1.807, 2.05) is 4.90 Å². The third-order valence-corrected chi connectivity index (χ3v) is 12.4. The molecule has 1 aromatic heterocycles. The van der Waals surface area contributed by atoms with E-state index in [9.17, 15) is 39.3 Å². The number of hydrogen-bond donors (Lipinski definition) is 4. The molecule has 62 heavy (non-hydrogen) atoms. The summed E-state index contributed by atoms with van der Waals surface area (Å²) in [4.78, 5) is 82.7. The number of aromatic hydroxyl groups is 1. The van der Waals surface area contributed by atoms with Crippen LogP contribution >= 0.6 is 0 Å². The molecular formula is C45H55N5O12. The van der Waals surface area contributed by atoms with Crippen molar-refractivity contribution < 1.29 is 58.2 Å². The zero-order valence-corrected chi connectivity index (χ0v) is 36.4. The summed E-state index contributed by atoms with van der Waals surface area (Å²) in [6.07, 6.45) is 6.63. The van der Waals surface area contributed by atoms with Gasteiger partial charge in [-0.1, -0.05) is 45.9 Å². The first kappa shape index (κ1) is 45.6. The number of amides is 1. The molecule has 17 heteroatoms. The first-order valence-corrected chi connectivity index (χ1v) is 20.6. The number of benzene rings is 1. The Morgan fingerprint density at radius 3 is 2.16 bits per heavy atom. The number of allylic oxidation sites excluding steroid dienone is 4. The van der Waals surface area contributed by atoms with Gasteiger partial charge in [-0.15, -0.1) is 0 Å². The Balaban J connectivity index is 1.47. The van der Waals surface area contributed by atoms with E-state index in [-0.39, 0.29) is 52.5 Å². The molecule has 2 aromatic rings. The average Bonchev–Trinajstić information content (AvgIpc) is 3.52. The zero-order chi connectivity index (χ0) is 45.4. The molecule has 5 heterocycles. The van der Waals surface area contributed by atoms with Crippen molar-refractivity contribution in [3.8, 4) is 11.5 Å². The monoisotopic (exact) mass is 857 g/mol. The lowest BCUT2D eigenvalue weighted by atomic mass is 9.78. The number of aliphatic hydroxyl groups is 2. The topological polar surface area (TPSA) is 227 Å². The fourth-order valence-electron chi connectivity index (χ4n) is 8.56. The number of phenolic OH excluding ortho intramolecular Hbond substituents is 1. The minimum atomic E-state index is -2.10. The number of nitrogens with one attached hydrogen (secondary N) is 1. The second-order valence-corrected chi connectivity index (χ2v) is 16.5. The summed E-state index contributed by atoms with van der Waals surface area (Å²) in [5.74, 6) is -8.76. The van der Waals surface area contributed by atoms with Crippen LogP contribution in [0.4, 0.5) is 5.95 Å². The van der Waals surface area contributed by atoms with Gasteiger partial charge in [0, 0.05) is 94.3 Å². The van der Waals surface area contributed by atoms with Crippen molar-refractivity contribution in [2.75, 3.05) is 38.2 Å². The van der Waals surface area contributed by atoms with E-state index < -0.39 is 94.4 Å². The highest BCUT2D eigenvalue weighted by molar-refractivity contribution is 6.32. The summed E-state index contributed by atoms with van der Waals surface area (Å²) in [6.45, 7) is 13.5. The van der Waals surface area contributed by atoms with Crippen LogP contribution in [0.1, 0.15) is 85.1 Å². The molecule has 1 fully saturated rings. The maximum Gasteiger partial charge on any atom is 0.312 e. The number of aliphatic hydroxyl groups excluding tert-OH is 2. The first-order chi connectivity index (χ1) is 29.3. The van der Waals surface area contributed by atoms with Crippen LogP contribution < -0.4 is 15.0 Å². The van der Waals surface area contributed by atoms with Crippen LogP contribution in [0.15, 0.2) is 66.0 Å². The normalized spacial score (nSPS) is 31.8. The van der Waals surface area contributed by atoms with Crippen LogP contribution in [0, 0.1) is 30.6 Å². The van der Waals surface area contributed by atoms with Crippen molar-refractivity contribution in [2.24, 2.45) is 23.7 Å². The minimum Gasteiger partial charge on any atom is -0.507 e. The van der Waals surface area contributed by atoms with E-state index >= 15 is 0 Å². The number of rotatable bonds is 4. The first-order valence-electron chi connectivity index (χ1n) is 20.6. The summed E-state index contributed by atoms with van der Waals surface area (Å²) < 4.78 is 23.6. The Morgan fingerprint density at radius 1 is 0.887 bits per heavy atom. The van der Waals surface area contributed by atoms with Crippen molar-refractivity contribution in [1.29, 1.82) is 0 Å². The Morgan fingerprint density at radius 2 is 1.53 bits per heavy atom. The molecule has 1 aliphatic carbocycles. The van der Waals surface area contributed by atoms with Crippen molar-refractivity contribution in [3.63, 3.8) is 0 Å². The largest absolute Gasteiger partial charge is 0.507 e. The SMILES string of the molecule is COC1/C=C/OC2(C)Oc3c(C)c(O)c4c(c3C2=O)C(=O)C(N2CCN(c3ncccn3)CC2)=C(NC(=O)/C(C)=C\C=C\C(C)C(O)C(C)C(O)C(C)C(OC(C)=O)C1C)C4=O. The number of hydrogen-bond acceptors (Lipinski definition) is 16. The number of fused-ring (bicyclic) bond motifs is 14. The average molecular weight is 858 g/mol. The van der Waals surface area contributed by atoms with Crippen LogP contribution in [-0.4, -0.2) is 123 Å². The fraction of sp³-hybridized carbons (Fsp3) is 0.489. The number of nitrogens with zero attached hydrogens (tertiary/aromatic N) is 4. The Bertz CT molecular complexity index is 2250. The van der Waals surface area contributed by atoms with E-state index in [0.29, 0.717) is 19.0 Å². The van der Waals surface area contributed by atoms with E-state index in [2.05, 4.69) is 15.3 Å². The molecule has 7 rings (SSSR count). The van der Waals surface area contributed by atoms with E-state index in [4.69, 9.17) is 18.9 Å². The predicted octanol–water partition coefficient (Wildman–Crippen LogP) is 3.57. The summed E-state index contributed by atoms with van der Waals surface area (Å²) >= 11 is 0. The van der Waals surface area contributed by atoms with Crippen LogP contribution in [0.25, 0.3) is 0 Å². The molecule has 4 aliphatic heterocycles. The minimum absolute atomic E-state index is 0.00686. The number of carbonyl (C=O) groups is 5. The molecule has 17 nitrogen and oxygen atoms in total. The third-order valence-electron chi connectivity index (χ3n) is 12.4. The van der Waals surface area contributed by atoms with Gasteiger partial charge in [0.2, 0.25) is 17.5 Å². The molecule has 1 saturated heterocycles. The summed E-state index contributed by atoms with van der Waals surface area (Å²) in [6, 6.07) is 1.69. The number of aromatic nitrogens is 2. The van der Waals surface area contributed by atoms with Gasteiger partial charge in [-0.25, -0.2) is 9.97 Å². The number of anilines is 1. The molecule has 332 valence electrons. The van der Waals surface area contributed by atoms with Crippen molar-refractivity contribution >= 4 is 35.2 Å². The van der Waals surface area contributed by atoms with E-state index in [1.165, 1.54) is 53.2 Å². The molecule has 1 aromatic carbocycles. The molecule has 0 spiro atoms. The van der Waals surface area contributed by atoms with Crippen LogP contribution in [0.5, 0.6) is 11.5 Å². The highest BCUT2D eigenvalue weighted by Crippen LogP contribution is 2.49. The molecule has 9 unspecified atom stereocenters. The molecule has 1 amide bonds. The second kappa shape index (κ2) is 18.2. The van der Waals surface area contributed by atoms with E-state index in [1.54, 1.807) is 63.2 Å². The highest BCUT2D eigenvalue weighted by atomic mass is 16.7. The molecule has 5 bridgehead atoms. The van der Waals surface area contributed by atoms with E-state index in [0.717, 1.165) is 0 Å². The van der Waals surface area contributed by atoms with Gasteiger partial charge >= 0.3 is 11.8 Å². The second-order valence-electron chi connectivity index (χ2n) is 16.5. The van der Waals surface area contributed by atoms with Crippen molar-refractivity contribution in [3.05, 3.63) is 88.2 Å². The van der Waals surface area contributed by atoms with Gasteiger partial charge in [0.05, 0.1) is 41.3 Å². The van der Waals surface area contributed by atoms with Crippen LogP contribution in [0.2, 0.25) is 0 Å². The third kappa shape index (κ3) is 8.48. The van der Waals surface area contributed by atoms with Gasteiger partial charge in [-0.2, -0.15) is 0 Å². The number of esters is 1. The number of phenols is 1. The maximum atomic E-state index is 15.0. The molecule has 0 radical (unpaired) electrons. The van der Waals surface area contributed by atoms with Gasteiger partial charge < -0.3 is 49.4 Å². The van der Waals surface area contributed by atoms with Crippen LogP contribution in [-0.2, 0) is 23.8 Å². The Kier molecular flexibility index (Phi) is 13.4. The number of carbonyl (C=O) groups excluding carboxylic acids is 5. The van der Waals surface area contributed by atoms with Gasteiger partial charge in [-0.3, -0.25) is 24.0 Å². The predicted molar refractivity (Wildman–Crippen MR) is 224 cm³/mol. The van der Waals surface area contributed by atoms with Crippen molar-refractivity contribution in [1.82, 2.24) is 20.2 Å². The number of ketones is 3. The number of Topliss-reactive ketones (excluding diaryl/α,β-unsaturated/α-hetero) is 3. The molecular weight excluding hydrogens is 803 g/mol. The van der Waals surface area contributed by atoms with Gasteiger partial charge in [0.25, 0.3) is 11.7 Å². The quantitative estimate of drug-likeness (QED) is 0.323. The summed E-state index contributed by atoms with van der Waals surface area (Å²) in [5, 5.41) is 37.2. The van der Waals surface area contributed by atoms with Gasteiger partial charge in [0.1, 0.15) is 29.0 Å². The van der Waals surface area contributed by atoms with Crippen molar-refractivity contribution in [2.45, 2.75) is 85.6 Å². The Hall–Kier alpha value is -5.91. The maximum absolute atomic E-state index is 15.0. The summed E-state index contributed by atoms with van der Waals surface area (Å²) in [5.41, 5.74) is -1.54. The number of piperazine rings is 1. The van der Waals surface area contributed by atoms with Gasteiger partial charge in [0.15, 0.2) is 0 Å². The number of ether oxygens (including phenoxy) is 4. The molecule has 4 N–H and O–H groups in total. The standard InChI is InChI=1S/C45H55N5O12/c1-22-12-10-13-23(2)43(58)48-33-34(49-17-19-50(20-18-49)44-46-15-11-16-47-44)39(56)30-31(38(33)55)37(54)27(6)41-32(30)42(57)45(8,62-41)60-21-14-29(59-9)24(3)40(61-28(7)51)26(5)36(53)25(4)35(22)52/h10-16,21-22,24-26,29,35-36,40,52-54H,17-20H2,1-9H3,(H,48,58)/b12-10+,21-14+,23-13-. The molecule has 0 saturated carbocycles. The lowest BCUT2D eigenvalue weighted by molar-refractivity contribution is -0.160. The molecule has 9 atom stereocenters. The zero-order valence-electron chi connectivity index (χ0n) is 36.4.